The van der Waals surface area contributed by atoms with E-state index in [0.29, 0.717) is 29.0 Å². The summed E-state index contributed by atoms with van der Waals surface area (Å²) in [5, 5.41) is 0. The Morgan fingerprint density at radius 2 is 1.84 bits per heavy atom. The fourth-order valence-corrected chi connectivity index (χ4v) is 4.54. The van der Waals surface area contributed by atoms with Gasteiger partial charge in [-0.05, 0) is 49.2 Å². The van der Waals surface area contributed by atoms with Gasteiger partial charge in [-0.3, -0.25) is 9.69 Å². The first kappa shape index (κ1) is 16.3. The first-order chi connectivity index (χ1) is 12.0. The van der Waals surface area contributed by atoms with Gasteiger partial charge in [0.1, 0.15) is 5.82 Å². The summed E-state index contributed by atoms with van der Waals surface area (Å²) in [4.78, 5) is 17.2. The molecule has 4 heteroatoms. The van der Waals surface area contributed by atoms with Crippen LogP contribution in [0.25, 0.3) is 0 Å². The number of carbonyl (C=O) groups excluding carboxylic acids is 1. The molecule has 4 rings (SSSR count). The Balaban J connectivity index is 1.55. The molecule has 2 saturated heterocycles. The molecule has 0 bridgehead atoms. The van der Waals surface area contributed by atoms with E-state index in [1.807, 2.05) is 11.0 Å². The van der Waals surface area contributed by atoms with Gasteiger partial charge in [-0.25, -0.2) is 4.39 Å². The molecule has 3 nitrogen and oxygen atoms in total. The van der Waals surface area contributed by atoms with E-state index in [2.05, 4.69) is 36.2 Å². The zero-order valence-corrected chi connectivity index (χ0v) is 14.7. The molecule has 25 heavy (non-hydrogen) atoms. The zero-order valence-electron chi connectivity index (χ0n) is 14.7. The molecular formula is C21H23FN2O. The predicted octanol–water partition coefficient (Wildman–Crippen LogP) is 3.51. The lowest BCUT2D eigenvalue weighted by Crippen LogP contribution is -2.33. The first-order valence-electron chi connectivity index (χ1n) is 8.85. The lowest BCUT2D eigenvalue weighted by Gasteiger charge is -2.27. The van der Waals surface area contributed by atoms with Crippen molar-refractivity contribution < 1.29 is 9.18 Å². The molecule has 2 fully saturated rings. The zero-order chi connectivity index (χ0) is 17.6. The highest BCUT2D eigenvalue weighted by Crippen LogP contribution is 2.44. The summed E-state index contributed by atoms with van der Waals surface area (Å²) in [5.74, 6) is 0.714. The van der Waals surface area contributed by atoms with E-state index in [4.69, 9.17) is 0 Å². The summed E-state index contributed by atoms with van der Waals surface area (Å²) in [6.07, 6.45) is 0. The summed E-state index contributed by atoms with van der Waals surface area (Å²) in [6.45, 7) is 4.26. The fourth-order valence-electron chi connectivity index (χ4n) is 4.54. The topological polar surface area (TPSA) is 23.6 Å². The number of hydrogen-bond donors (Lipinski definition) is 0. The molecule has 2 aromatic rings. The van der Waals surface area contributed by atoms with E-state index in [0.717, 1.165) is 19.6 Å². The lowest BCUT2D eigenvalue weighted by atomic mass is 9.90. The molecule has 0 aromatic heterocycles. The van der Waals surface area contributed by atoms with E-state index in [1.165, 1.54) is 11.6 Å². The van der Waals surface area contributed by atoms with Gasteiger partial charge < -0.3 is 4.90 Å². The van der Waals surface area contributed by atoms with E-state index in [9.17, 15) is 9.18 Å². The molecule has 1 amide bonds. The van der Waals surface area contributed by atoms with Crippen LogP contribution in [0.3, 0.4) is 0 Å². The first-order valence-corrected chi connectivity index (χ1v) is 8.85. The molecule has 0 spiro atoms. The molecule has 2 heterocycles. The van der Waals surface area contributed by atoms with Crippen molar-refractivity contribution in [3.63, 3.8) is 0 Å². The van der Waals surface area contributed by atoms with Crippen LogP contribution in [0.4, 0.5) is 4.39 Å². The number of benzene rings is 2. The minimum atomic E-state index is -0.263. The fraction of sp³-hybridized carbons (Fsp3) is 0.381. The monoisotopic (exact) mass is 338 g/mol. The quantitative estimate of drug-likeness (QED) is 0.837. The summed E-state index contributed by atoms with van der Waals surface area (Å²) < 4.78 is 13.5. The number of amides is 1. The SMILES string of the molecule is Cc1cc(C(=O)N2C[C@@H]3CN(C)[C@@H](c4ccccc4)[C@@H]3C2)ccc1F. The Hall–Kier alpha value is -2.20. The Bertz CT molecular complexity index is 792. The maximum absolute atomic E-state index is 13.5. The second-order valence-electron chi connectivity index (χ2n) is 7.39. The molecule has 0 N–H and O–H groups in total. The van der Waals surface area contributed by atoms with E-state index >= 15 is 0 Å². The average molecular weight is 338 g/mol. The second-order valence-corrected chi connectivity index (χ2v) is 7.39. The van der Waals surface area contributed by atoms with Crippen molar-refractivity contribution in [3.05, 3.63) is 71.0 Å². The molecular weight excluding hydrogens is 315 g/mol. The normalized spacial score (nSPS) is 26.0. The Labute approximate surface area is 148 Å². The molecule has 0 aliphatic carbocycles. The van der Waals surface area contributed by atoms with Gasteiger partial charge in [0.2, 0.25) is 0 Å². The van der Waals surface area contributed by atoms with Gasteiger partial charge in [-0.2, -0.15) is 0 Å². The van der Waals surface area contributed by atoms with Gasteiger partial charge in [0, 0.05) is 37.2 Å². The third kappa shape index (κ3) is 2.85. The molecule has 0 unspecified atom stereocenters. The van der Waals surface area contributed by atoms with Crippen LogP contribution in [0.1, 0.15) is 27.5 Å². The Morgan fingerprint density at radius 3 is 2.56 bits per heavy atom. The van der Waals surface area contributed by atoms with Crippen LogP contribution in [0.15, 0.2) is 48.5 Å². The van der Waals surface area contributed by atoms with E-state index < -0.39 is 0 Å². The van der Waals surface area contributed by atoms with Gasteiger partial charge in [-0.15, -0.1) is 0 Å². The van der Waals surface area contributed by atoms with Gasteiger partial charge in [0.25, 0.3) is 5.91 Å². The number of likely N-dealkylation sites (tertiary alicyclic amines) is 2. The van der Waals surface area contributed by atoms with Crippen molar-refractivity contribution in [2.75, 3.05) is 26.7 Å². The lowest BCUT2D eigenvalue weighted by molar-refractivity contribution is 0.0767. The third-order valence-electron chi connectivity index (χ3n) is 5.73. The van der Waals surface area contributed by atoms with Crippen molar-refractivity contribution in [3.8, 4) is 0 Å². The van der Waals surface area contributed by atoms with Crippen LogP contribution < -0.4 is 0 Å². The van der Waals surface area contributed by atoms with Crippen molar-refractivity contribution in [1.29, 1.82) is 0 Å². The molecule has 2 aliphatic heterocycles. The molecule has 2 aromatic carbocycles. The Morgan fingerprint density at radius 1 is 1.08 bits per heavy atom. The van der Waals surface area contributed by atoms with Crippen LogP contribution in [0.2, 0.25) is 0 Å². The number of aryl methyl sites for hydroxylation is 1. The van der Waals surface area contributed by atoms with Gasteiger partial charge >= 0.3 is 0 Å². The highest BCUT2D eigenvalue weighted by molar-refractivity contribution is 5.94. The highest BCUT2D eigenvalue weighted by atomic mass is 19.1. The number of halogens is 1. The standard InChI is InChI=1S/C21H23FN2O/c1-14-10-16(8-9-19(14)22)21(25)24-12-17-11-23(2)20(18(17)13-24)15-6-4-3-5-7-15/h3-10,17-18,20H,11-13H2,1-2H3/t17-,18+,20-/m0/s1. The van der Waals surface area contributed by atoms with Crippen LogP contribution in [-0.2, 0) is 0 Å². The highest BCUT2D eigenvalue weighted by Gasteiger charge is 2.47. The number of nitrogens with zero attached hydrogens (tertiary/aromatic N) is 2. The maximum Gasteiger partial charge on any atom is 0.253 e. The van der Waals surface area contributed by atoms with E-state index in [-0.39, 0.29) is 11.7 Å². The molecule has 3 atom stereocenters. The van der Waals surface area contributed by atoms with Crippen molar-refractivity contribution in [2.24, 2.45) is 11.8 Å². The van der Waals surface area contributed by atoms with Crippen LogP contribution in [0.5, 0.6) is 0 Å². The minimum absolute atomic E-state index is 0.0203. The van der Waals surface area contributed by atoms with Crippen LogP contribution in [0, 0.1) is 24.6 Å². The summed E-state index contributed by atoms with van der Waals surface area (Å²) in [5.41, 5.74) is 2.43. The third-order valence-corrected chi connectivity index (χ3v) is 5.73. The largest absolute Gasteiger partial charge is 0.338 e. The number of fused-ring (bicyclic) bond motifs is 1. The van der Waals surface area contributed by atoms with Gasteiger partial charge in [-0.1, -0.05) is 30.3 Å². The van der Waals surface area contributed by atoms with Gasteiger partial charge in [0.05, 0.1) is 0 Å². The summed E-state index contributed by atoms with van der Waals surface area (Å²) >= 11 is 0. The van der Waals surface area contributed by atoms with Crippen molar-refractivity contribution >= 4 is 5.91 Å². The number of carbonyl (C=O) groups is 1. The second kappa shape index (κ2) is 6.26. The van der Waals surface area contributed by atoms with Crippen LogP contribution in [-0.4, -0.2) is 42.4 Å². The number of rotatable bonds is 2. The average Bonchev–Trinajstić information content (AvgIpc) is 3.14. The van der Waals surface area contributed by atoms with Gasteiger partial charge in [0.15, 0.2) is 0 Å². The molecule has 0 radical (unpaired) electrons. The molecule has 0 saturated carbocycles. The minimum Gasteiger partial charge on any atom is -0.338 e. The smallest absolute Gasteiger partial charge is 0.253 e. The number of hydrogen-bond acceptors (Lipinski definition) is 2. The maximum atomic E-state index is 13.5. The molecule has 130 valence electrons. The predicted molar refractivity (Wildman–Crippen MR) is 95.8 cm³/mol. The Kier molecular flexibility index (Phi) is 4.08. The van der Waals surface area contributed by atoms with Crippen molar-refractivity contribution in [1.82, 2.24) is 9.80 Å². The summed E-state index contributed by atoms with van der Waals surface area (Å²) in [7, 11) is 2.17. The van der Waals surface area contributed by atoms with Crippen LogP contribution >= 0.6 is 0 Å². The summed E-state index contributed by atoms with van der Waals surface area (Å²) in [6, 6.07) is 15.6. The van der Waals surface area contributed by atoms with Crippen molar-refractivity contribution in [2.45, 2.75) is 13.0 Å². The molecule has 2 aliphatic rings. The van der Waals surface area contributed by atoms with E-state index in [1.54, 1.807) is 19.1 Å².